The van der Waals surface area contributed by atoms with Crippen molar-refractivity contribution in [3.63, 3.8) is 0 Å². The van der Waals surface area contributed by atoms with Crippen LogP contribution in [0.25, 0.3) is 0 Å². The Morgan fingerprint density at radius 3 is 2.57 bits per heavy atom. The average molecular weight is 213 g/mol. The van der Waals surface area contributed by atoms with Crippen LogP contribution in [0.3, 0.4) is 0 Å². The van der Waals surface area contributed by atoms with Gasteiger partial charge in [-0.25, -0.2) is 4.98 Å². The fourth-order valence-electron chi connectivity index (χ4n) is 1.21. The lowest BCUT2D eigenvalue weighted by molar-refractivity contribution is 0.727. The highest BCUT2D eigenvalue weighted by Gasteiger charge is 2.09. The van der Waals surface area contributed by atoms with Gasteiger partial charge in [-0.1, -0.05) is 13.8 Å². The second-order valence-electron chi connectivity index (χ2n) is 3.39. The molecular weight excluding hydrogens is 194 g/mol. The van der Waals surface area contributed by atoms with Crippen LogP contribution < -0.4 is 10.2 Å². The first-order valence-electron chi connectivity index (χ1n) is 5.05. The van der Waals surface area contributed by atoms with Gasteiger partial charge in [0, 0.05) is 25.5 Å². The number of hydrogen-bond acceptors (Lipinski definition) is 4. The molecule has 0 atom stereocenters. The Hall–Kier alpha value is -0.610. The van der Waals surface area contributed by atoms with E-state index in [1.165, 1.54) is 10.6 Å². The summed E-state index contributed by atoms with van der Waals surface area (Å²) in [5, 5.41) is 4.45. The van der Waals surface area contributed by atoms with Gasteiger partial charge in [0.25, 0.3) is 0 Å². The van der Waals surface area contributed by atoms with Crippen molar-refractivity contribution in [2.75, 3.05) is 25.5 Å². The maximum absolute atomic E-state index is 4.59. The Kier molecular flexibility index (Phi) is 4.35. The van der Waals surface area contributed by atoms with E-state index in [1.54, 1.807) is 11.3 Å². The van der Waals surface area contributed by atoms with Gasteiger partial charge >= 0.3 is 0 Å². The fraction of sp³-hybridized carbons (Fsp3) is 0.700. The van der Waals surface area contributed by atoms with Crippen LogP contribution in [-0.4, -0.2) is 25.6 Å². The molecule has 1 aromatic heterocycles. The largest absolute Gasteiger partial charge is 0.354 e. The molecule has 80 valence electrons. The summed E-state index contributed by atoms with van der Waals surface area (Å²) in [5.41, 5.74) is 1.24. The van der Waals surface area contributed by atoms with Gasteiger partial charge in [0.1, 0.15) is 0 Å². The van der Waals surface area contributed by atoms with E-state index in [9.17, 15) is 0 Å². The zero-order valence-electron chi connectivity index (χ0n) is 9.42. The molecule has 1 rings (SSSR count). The van der Waals surface area contributed by atoms with Gasteiger partial charge in [0.2, 0.25) is 0 Å². The van der Waals surface area contributed by atoms with Crippen molar-refractivity contribution < 1.29 is 0 Å². The number of aryl methyl sites for hydroxylation is 1. The minimum Gasteiger partial charge on any atom is -0.354 e. The predicted molar refractivity (Wildman–Crippen MR) is 63.2 cm³/mol. The van der Waals surface area contributed by atoms with Crippen molar-refractivity contribution in [1.82, 2.24) is 10.3 Å². The molecule has 0 spiro atoms. The molecular formula is C10H19N3S. The van der Waals surface area contributed by atoms with Gasteiger partial charge in [0.05, 0.1) is 5.69 Å². The third-order valence-corrected chi connectivity index (χ3v) is 3.29. The molecule has 1 aromatic rings. The Labute approximate surface area is 90.2 Å². The van der Waals surface area contributed by atoms with Gasteiger partial charge in [-0.3, -0.25) is 0 Å². The second-order valence-corrected chi connectivity index (χ2v) is 4.46. The molecule has 0 fully saturated rings. The van der Waals surface area contributed by atoms with Gasteiger partial charge < -0.3 is 10.2 Å². The summed E-state index contributed by atoms with van der Waals surface area (Å²) >= 11 is 1.78. The quantitative estimate of drug-likeness (QED) is 0.809. The van der Waals surface area contributed by atoms with E-state index in [4.69, 9.17) is 0 Å². The van der Waals surface area contributed by atoms with E-state index in [-0.39, 0.29) is 0 Å². The molecule has 0 aliphatic carbocycles. The summed E-state index contributed by atoms with van der Waals surface area (Å²) in [7, 11) is 4.07. The molecule has 0 aromatic carbocycles. The van der Waals surface area contributed by atoms with E-state index in [0.29, 0.717) is 0 Å². The summed E-state index contributed by atoms with van der Waals surface area (Å²) in [6.45, 7) is 6.24. The SMILES string of the molecule is CCNCc1sc(N(C)C)nc1CC. The molecule has 3 nitrogen and oxygen atoms in total. The van der Waals surface area contributed by atoms with Gasteiger partial charge in [-0.05, 0) is 13.0 Å². The fourth-order valence-corrected chi connectivity index (χ4v) is 2.25. The molecule has 1 N–H and O–H groups in total. The Morgan fingerprint density at radius 1 is 1.36 bits per heavy atom. The highest BCUT2D eigenvalue weighted by molar-refractivity contribution is 7.15. The first-order valence-corrected chi connectivity index (χ1v) is 5.87. The molecule has 0 amide bonds. The van der Waals surface area contributed by atoms with E-state index < -0.39 is 0 Å². The summed E-state index contributed by atoms with van der Waals surface area (Å²) in [6, 6.07) is 0. The number of aromatic nitrogens is 1. The van der Waals surface area contributed by atoms with E-state index >= 15 is 0 Å². The van der Waals surface area contributed by atoms with Gasteiger partial charge in [-0.2, -0.15) is 0 Å². The van der Waals surface area contributed by atoms with Crippen LogP contribution in [0.4, 0.5) is 5.13 Å². The molecule has 0 radical (unpaired) electrons. The minimum atomic E-state index is 0.950. The first-order chi connectivity index (χ1) is 6.69. The molecule has 1 heterocycles. The van der Waals surface area contributed by atoms with Crippen LogP contribution in [0, 0.1) is 0 Å². The maximum Gasteiger partial charge on any atom is 0.185 e. The number of hydrogen-bond donors (Lipinski definition) is 1. The van der Waals surface area contributed by atoms with Crippen molar-refractivity contribution in [1.29, 1.82) is 0 Å². The molecule has 0 unspecified atom stereocenters. The normalized spacial score (nSPS) is 10.6. The Bertz CT molecular complexity index is 281. The Balaban J connectivity index is 2.79. The lowest BCUT2D eigenvalue weighted by atomic mass is 10.3. The molecule has 0 aliphatic heterocycles. The maximum atomic E-state index is 4.59. The van der Waals surface area contributed by atoms with Crippen molar-refractivity contribution >= 4 is 16.5 Å². The Morgan fingerprint density at radius 2 is 2.07 bits per heavy atom. The first kappa shape index (κ1) is 11.5. The van der Waals surface area contributed by atoms with Crippen LogP contribution in [0.2, 0.25) is 0 Å². The minimum absolute atomic E-state index is 0.950. The zero-order chi connectivity index (χ0) is 10.6. The monoisotopic (exact) mass is 213 g/mol. The predicted octanol–water partition coefficient (Wildman–Crippen LogP) is 1.88. The smallest absolute Gasteiger partial charge is 0.185 e. The summed E-state index contributed by atoms with van der Waals surface area (Å²) in [5.74, 6) is 0. The van der Waals surface area contributed by atoms with Crippen LogP contribution in [0.15, 0.2) is 0 Å². The number of anilines is 1. The van der Waals surface area contributed by atoms with E-state index in [2.05, 4.69) is 29.0 Å². The molecule has 0 saturated heterocycles. The van der Waals surface area contributed by atoms with Crippen LogP contribution in [-0.2, 0) is 13.0 Å². The number of rotatable bonds is 5. The lowest BCUT2D eigenvalue weighted by Crippen LogP contribution is -2.11. The summed E-state index contributed by atoms with van der Waals surface area (Å²) in [4.78, 5) is 8.03. The van der Waals surface area contributed by atoms with Crippen LogP contribution in [0.5, 0.6) is 0 Å². The van der Waals surface area contributed by atoms with E-state index in [0.717, 1.165) is 24.6 Å². The third-order valence-electron chi connectivity index (χ3n) is 2.02. The zero-order valence-corrected chi connectivity index (χ0v) is 10.2. The molecule has 0 aliphatic rings. The van der Waals surface area contributed by atoms with E-state index in [1.807, 2.05) is 14.1 Å². The molecule has 0 bridgehead atoms. The lowest BCUT2D eigenvalue weighted by Gasteiger charge is -2.05. The summed E-state index contributed by atoms with van der Waals surface area (Å²) in [6.07, 6.45) is 1.02. The van der Waals surface area contributed by atoms with Crippen molar-refractivity contribution in [2.45, 2.75) is 26.8 Å². The summed E-state index contributed by atoms with van der Waals surface area (Å²) < 4.78 is 0. The van der Waals surface area contributed by atoms with Gasteiger partial charge in [0.15, 0.2) is 5.13 Å². The number of nitrogens with one attached hydrogen (secondary N) is 1. The van der Waals surface area contributed by atoms with Crippen molar-refractivity contribution in [3.05, 3.63) is 10.6 Å². The topological polar surface area (TPSA) is 28.2 Å². The number of thiazole rings is 1. The molecule has 0 saturated carbocycles. The average Bonchev–Trinajstić information content (AvgIpc) is 2.57. The highest BCUT2D eigenvalue weighted by atomic mass is 32.1. The molecule has 14 heavy (non-hydrogen) atoms. The highest BCUT2D eigenvalue weighted by Crippen LogP contribution is 2.25. The van der Waals surface area contributed by atoms with Gasteiger partial charge in [-0.15, -0.1) is 11.3 Å². The number of nitrogens with zero attached hydrogens (tertiary/aromatic N) is 2. The molecule has 4 heteroatoms. The third kappa shape index (κ3) is 2.69. The second kappa shape index (κ2) is 5.32. The van der Waals surface area contributed by atoms with Crippen molar-refractivity contribution in [3.8, 4) is 0 Å². The van der Waals surface area contributed by atoms with Crippen molar-refractivity contribution in [2.24, 2.45) is 0 Å². The van der Waals surface area contributed by atoms with Crippen LogP contribution in [0.1, 0.15) is 24.4 Å². The van der Waals surface area contributed by atoms with Crippen LogP contribution >= 0.6 is 11.3 Å². The standard InChI is InChI=1S/C10H19N3S/c1-5-8-9(7-11-6-2)14-10(12-8)13(3)4/h11H,5-7H2,1-4H3.